The molecular formula is C13H25N3O. The first-order valence-corrected chi connectivity index (χ1v) is 7.01. The van der Waals surface area contributed by atoms with E-state index < -0.39 is 0 Å². The Labute approximate surface area is 104 Å². The van der Waals surface area contributed by atoms with Crippen LogP contribution in [-0.4, -0.2) is 43.0 Å². The van der Waals surface area contributed by atoms with E-state index in [1.807, 2.05) is 0 Å². The van der Waals surface area contributed by atoms with Gasteiger partial charge < -0.3 is 11.1 Å². The van der Waals surface area contributed by atoms with Gasteiger partial charge in [0.15, 0.2) is 0 Å². The molecule has 1 heterocycles. The second-order valence-electron chi connectivity index (χ2n) is 5.44. The minimum Gasteiger partial charge on any atom is -0.368 e. The van der Waals surface area contributed by atoms with Crippen LogP contribution in [-0.2, 0) is 4.79 Å². The number of nitrogens with zero attached hydrogens (tertiary/aromatic N) is 1. The van der Waals surface area contributed by atoms with Crippen molar-refractivity contribution in [2.24, 2.45) is 11.7 Å². The van der Waals surface area contributed by atoms with Gasteiger partial charge in [-0.15, -0.1) is 0 Å². The lowest BCUT2D eigenvalue weighted by molar-refractivity contribution is -0.124. The van der Waals surface area contributed by atoms with Gasteiger partial charge in [0.2, 0.25) is 5.91 Å². The third-order valence-corrected chi connectivity index (χ3v) is 4.20. The number of nitrogens with one attached hydrogen (secondary N) is 1. The molecule has 0 spiro atoms. The topological polar surface area (TPSA) is 58.4 Å². The lowest BCUT2D eigenvalue weighted by Crippen LogP contribution is -2.53. The molecule has 4 heteroatoms. The molecule has 0 aromatic heterocycles. The lowest BCUT2D eigenvalue weighted by atomic mass is 9.84. The van der Waals surface area contributed by atoms with Crippen LogP contribution in [0.25, 0.3) is 0 Å². The fourth-order valence-corrected chi connectivity index (χ4v) is 3.18. The van der Waals surface area contributed by atoms with Crippen molar-refractivity contribution in [1.29, 1.82) is 0 Å². The van der Waals surface area contributed by atoms with Gasteiger partial charge in [0.1, 0.15) is 0 Å². The van der Waals surface area contributed by atoms with Gasteiger partial charge in [0.05, 0.1) is 6.04 Å². The van der Waals surface area contributed by atoms with E-state index in [0.29, 0.717) is 0 Å². The Morgan fingerprint density at radius 1 is 1.24 bits per heavy atom. The van der Waals surface area contributed by atoms with Gasteiger partial charge in [-0.2, -0.15) is 0 Å². The first-order valence-electron chi connectivity index (χ1n) is 7.01. The van der Waals surface area contributed by atoms with Crippen molar-refractivity contribution in [3.05, 3.63) is 0 Å². The molecule has 3 N–H and O–H groups in total. The van der Waals surface area contributed by atoms with E-state index in [1.165, 1.54) is 32.1 Å². The predicted molar refractivity (Wildman–Crippen MR) is 68.6 cm³/mol. The summed E-state index contributed by atoms with van der Waals surface area (Å²) >= 11 is 0. The highest BCUT2D eigenvalue weighted by Crippen LogP contribution is 2.28. The van der Waals surface area contributed by atoms with Crippen molar-refractivity contribution >= 4 is 5.91 Å². The Balaban J connectivity index is 1.88. The molecule has 17 heavy (non-hydrogen) atoms. The van der Waals surface area contributed by atoms with Crippen LogP contribution in [0.2, 0.25) is 0 Å². The summed E-state index contributed by atoms with van der Waals surface area (Å²) in [4.78, 5) is 13.9. The van der Waals surface area contributed by atoms with Crippen LogP contribution in [0.4, 0.5) is 0 Å². The van der Waals surface area contributed by atoms with Crippen molar-refractivity contribution in [2.75, 3.05) is 26.2 Å². The summed E-state index contributed by atoms with van der Waals surface area (Å²) in [6, 6.07) is -0.0276. The molecule has 1 atom stereocenters. The largest absolute Gasteiger partial charge is 0.368 e. The Bertz CT molecular complexity index is 245. The predicted octanol–water partition coefficient (Wildman–Crippen LogP) is 0.716. The van der Waals surface area contributed by atoms with Gasteiger partial charge in [-0.05, 0) is 12.3 Å². The fourth-order valence-electron chi connectivity index (χ4n) is 3.18. The third kappa shape index (κ3) is 3.68. The summed E-state index contributed by atoms with van der Waals surface area (Å²) in [5.41, 5.74) is 5.58. The van der Waals surface area contributed by atoms with Crippen LogP contribution in [0.3, 0.4) is 0 Å². The molecule has 1 amide bonds. The molecule has 0 aromatic carbocycles. The van der Waals surface area contributed by atoms with Gasteiger partial charge in [-0.3, -0.25) is 9.69 Å². The smallest absolute Gasteiger partial charge is 0.234 e. The fraction of sp³-hybridized carbons (Fsp3) is 0.923. The first-order chi connectivity index (χ1) is 8.27. The molecule has 1 saturated heterocycles. The molecule has 1 aliphatic carbocycles. The van der Waals surface area contributed by atoms with Crippen LogP contribution < -0.4 is 11.1 Å². The van der Waals surface area contributed by atoms with E-state index in [-0.39, 0.29) is 11.9 Å². The highest BCUT2D eigenvalue weighted by Gasteiger charge is 2.28. The summed E-state index contributed by atoms with van der Waals surface area (Å²) in [5.74, 6) is 0.591. The van der Waals surface area contributed by atoms with Crippen LogP contribution >= 0.6 is 0 Å². The molecule has 1 unspecified atom stereocenters. The Morgan fingerprint density at radius 2 is 1.88 bits per heavy atom. The SMILES string of the molecule is NC(=O)C(CC1CCCCC1)N1CCNCC1. The van der Waals surface area contributed by atoms with Crippen LogP contribution in [0.15, 0.2) is 0 Å². The van der Waals surface area contributed by atoms with Crippen LogP contribution in [0, 0.1) is 5.92 Å². The van der Waals surface area contributed by atoms with E-state index in [2.05, 4.69) is 10.2 Å². The average molecular weight is 239 g/mol. The molecule has 0 radical (unpaired) electrons. The van der Waals surface area contributed by atoms with Crippen molar-refractivity contribution in [2.45, 2.75) is 44.6 Å². The zero-order chi connectivity index (χ0) is 12.1. The second kappa shape index (κ2) is 6.36. The maximum Gasteiger partial charge on any atom is 0.234 e. The third-order valence-electron chi connectivity index (χ3n) is 4.20. The van der Waals surface area contributed by atoms with Gasteiger partial charge >= 0.3 is 0 Å². The van der Waals surface area contributed by atoms with E-state index in [1.54, 1.807) is 0 Å². The lowest BCUT2D eigenvalue weighted by Gasteiger charge is -2.35. The van der Waals surface area contributed by atoms with E-state index in [0.717, 1.165) is 38.5 Å². The number of carbonyl (C=O) groups excluding carboxylic acids is 1. The monoisotopic (exact) mass is 239 g/mol. The van der Waals surface area contributed by atoms with Gasteiger partial charge in [0.25, 0.3) is 0 Å². The van der Waals surface area contributed by atoms with E-state index in [4.69, 9.17) is 5.73 Å². The number of hydrogen-bond donors (Lipinski definition) is 2. The van der Waals surface area contributed by atoms with Crippen LogP contribution in [0.1, 0.15) is 38.5 Å². The van der Waals surface area contributed by atoms with Crippen molar-refractivity contribution < 1.29 is 4.79 Å². The number of nitrogens with two attached hydrogens (primary N) is 1. The first kappa shape index (κ1) is 12.8. The highest BCUT2D eigenvalue weighted by molar-refractivity contribution is 5.79. The van der Waals surface area contributed by atoms with Gasteiger partial charge in [-0.25, -0.2) is 0 Å². The maximum atomic E-state index is 11.6. The summed E-state index contributed by atoms with van der Waals surface area (Å²) in [7, 11) is 0. The van der Waals surface area contributed by atoms with Crippen molar-refractivity contribution in [3.8, 4) is 0 Å². The van der Waals surface area contributed by atoms with E-state index in [9.17, 15) is 4.79 Å². The van der Waals surface area contributed by atoms with Crippen molar-refractivity contribution in [3.63, 3.8) is 0 Å². The summed E-state index contributed by atoms with van der Waals surface area (Å²) < 4.78 is 0. The van der Waals surface area contributed by atoms with Gasteiger partial charge in [-0.1, -0.05) is 32.1 Å². The Hall–Kier alpha value is -0.610. The molecule has 2 aliphatic rings. The molecule has 1 aliphatic heterocycles. The minimum absolute atomic E-state index is 0.0276. The molecule has 1 saturated carbocycles. The summed E-state index contributed by atoms with van der Waals surface area (Å²) in [5, 5.41) is 3.32. The number of rotatable bonds is 4. The Kier molecular flexibility index (Phi) is 4.80. The molecule has 2 fully saturated rings. The zero-order valence-corrected chi connectivity index (χ0v) is 10.7. The molecule has 0 bridgehead atoms. The average Bonchev–Trinajstić information content (AvgIpc) is 2.38. The number of hydrogen-bond acceptors (Lipinski definition) is 3. The number of piperazine rings is 1. The highest BCUT2D eigenvalue weighted by atomic mass is 16.1. The number of carbonyl (C=O) groups is 1. The molecule has 98 valence electrons. The number of primary amides is 1. The van der Waals surface area contributed by atoms with Gasteiger partial charge in [0, 0.05) is 26.2 Å². The molecular weight excluding hydrogens is 214 g/mol. The molecule has 4 nitrogen and oxygen atoms in total. The van der Waals surface area contributed by atoms with Crippen molar-refractivity contribution in [1.82, 2.24) is 10.2 Å². The molecule has 0 aromatic rings. The summed E-state index contributed by atoms with van der Waals surface area (Å²) in [6.45, 7) is 3.88. The summed E-state index contributed by atoms with van der Waals surface area (Å²) in [6.07, 6.45) is 7.59. The van der Waals surface area contributed by atoms with Crippen LogP contribution in [0.5, 0.6) is 0 Å². The Morgan fingerprint density at radius 3 is 2.47 bits per heavy atom. The normalized spacial score (nSPS) is 25.6. The number of amides is 1. The molecule has 2 rings (SSSR count). The quantitative estimate of drug-likeness (QED) is 0.760. The maximum absolute atomic E-state index is 11.6. The zero-order valence-electron chi connectivity index (χ0n) is 10.7. The minimum atomic E-state index is -0.127. The second-order valence-corrected chi connectivity index (χ2v) is 5.44. The van der Waals surface area contributed by atoms with E-state index >= 15 is 0 Å². The standard InChI is InChI=1S/C13H25N3O/c14-13(17)12(16-8-6-15-7-9-16)10-11-4-2-1-3-5-11/h11-12,15H,1-10H2,(H2,14,17).